The van der Waals surface area contributed by atoms with Gasteiger partial charge in [-0.25, -0.2) is 4.79 Å². The van der Waals surface area contributed by atoms with Crippen LogP contribution in [0.4, 0.5) is 11.4 Å². The van der Waals surface area contributed by atoms with E-state index in [1.54, 1.807) is 30.3 Å². The molecule has 5 rings (SSSR count). The third-order valence-corrected chi connectivity index (χ3v) is 7.47. The normalized spacial score (nSPS) is 10.7. The van der Waals surface area contributed by atoms with Crippen molar-refractivity contribution in [3.8, 4) is 11.4 Å². The summed E-state index contributed by atoms with van der Waals surface area (Å²) in [6.45, 7) is 2.45. The van der Waals surface area contributed by atoms with Crippen LogP contribution < -0.4 is 10.6 Å². The number of rotatable bonds is 10. The van der Waals surface area contributed by atoms with Gasteiger partial charge in [0.1, 0.15) is 0 Å². The number of hydrogen-bond donors (Lipinski definition) is 2. The number of aromatic nitrogens is 3. The summed E-state index contributed by atoms with van der Waals surface area (Å²) in [7, 11) is 1.32. The molecule has 43 heavy (non-hydrogen) atoms. The van der Waals surface area contributed by atoms with Crippen molar-refractivity contribution in [2.24, 2.45) is 0 Å². The number of amides is 2. The second-order valence-corrected chi connectivity index (χ2v) is 10.6. The molecule has 0 fully saturated rings. The molecule has 0 aliphatic rings. The van der Waals surface area contributed by atoms with Crippen LogP contribution in [0.5, 0.6) is 0 Å². The zero-order valence-electron chi connectivity index (χ0n) is 23.6. The van der Waals surface area contributed by atoms with Crippen LogP contribution in [0.2, 0.25) is 0 Å². The van der Waals surface area contributed by atoms with Crippen molar-refractivity contribution in [2.45, 2.75) is 18.6 Å². The molecule has 0 aliphatic carbocycles. The number of nitrogens with zero attached hydrogens (tertiary/aromatic N) is 3. The fourth-order valence-corrected chi connectivity index (χ4v) is 5.08. The van der Waals surface area contributed by atoms with Crippen molar-refractivity contribution in [1.29, 1.82) is 0 Å². The molecule has 0 bridgehead atoms. The molecule has 0 saturated carbocycles. The van der Waals surface area contributed by atoms with Gasteiger partial charge in [0.15, 0.2) is 11.0 Å². The Labute approximate surface area is 253 Å². The van der Waals surface area contributed by atoms with E-state index in [0.29, 0.717) is 40.0 Å². The first-order chi connectivity index (χ1) is 20.9. The summed E-state index contributed by atoms with van der Waals surface area (Å²) in [4.78, 5) is 37.1. The minimum Gasteiger partial charge on any atom is -0.465 e. The predicted molar refractivity (Wildman–Crippen MR) is 167 cm³/mol. The average Bonchev–Trinajstić information content (AvgIpc) is 3.42. The highest BCUT2D eigenvalue weighted by atomic mass is 32.2. The molecule has 9 nitrogen and oxygen atoms in total. The van der Waals surface area contributed by atoms with E-state index >= 15 is 0 Å². The van der Waals surface area contributed by atoms with Gasteiger partial charge in [0.25, 0.3) is 5.91 Å². The minimum atomic E-state index is -0.441. The van der Waals surface area contributed by atoms with Gasteiger partial charge in [0.2, 0.25) is 5.91 Å². The number of carbonyl (C=O) groups is 3. The fraction of sp³-hybridized carbons (Fsp3) is 0.121. The van der Waals surface area contributed by atoms with Gasteiger partial charge in [-0.1, -0.05) is 59.8 Å². The number of ether oxygens (including phenoxy) is 1. The van der Waals surface area contributed by atoms with Gasteiger partial charge in [-0.15, -0.1) is 10.2 Å². The Kier molecular flexibility index (Phi) is 9.28. The van der Waals surface area contributed by atoms with E-state index in [4.69, 9.17) is 4.74 Å². The van der Waals surface area contributed by atoms with Gasteiger partial charge in [-0.05, 0) is 73.2 Å². The van der Waals surface area contributed by atoms with Gasteiger partial charge in [0, 0.05) is 22.5 Å². The molecule has 10 heteroatoms. The van der Waals surface area contributed by atoms with Crippen LogP contribution in [0.15, 0.2) is 108 Å². The largest absolute Gasteiger partial charge is 0.465 e. The third-order valence-electron chi connectivity index (χ3n) is 6.50. The number of hydrogen-bond acceptors (Lipinski definition) is 7. The van der Waals surface area contributed by atoms with Crippen LogP contribution in [0.3, 0.4) is 0 Å². The topological polar surface area (TPSA) is 115 Å². The molecule has 2 N–H and O–H groups in total. The van der Waals surface area contributed by atoms with Crippen molar-refractivity contribution in [3.63, 3.8) is 0 Å². The van der Waals surface area contributed by atoms with Crippen molar-refractivity contribution in [1.82, 2.24) is 14.8 Å². The zero-order chi connectivity index (χ0) is 30.2. The number of aryl methyl sites for hydroxylation is 1. The lowest BCUT2D eigenvalue weighted by atomic mass is 10.1. The quantitative estimate of drug-likeness (QED) is 0.150. The molecular weight excluding hydrogens is 562 g/mol. The third kappa shape index (κ3) is 7.55. The molecule has 0 spiro atoms. The second kappa shape index (κ2) is 13.6. The Hall–Kier alpha value is -5.22. The minimum absolute atomic E-state index is 0.107. The molecule has 1 aromatic heterocycles. The summed E-state index contributed by atoms with van der Waals surface area (Å²) in [5.74, 6) is -0.0963. The standard InChI is InChI=1S/C33H29N5O4S/c1-22-7-6-10-26(19-22)31(40)35-28-15-11-24(12-16-28)30-36-37-33(38(30)20-23-8-4-3-5-9-23)43-21-29(39)34-27-17-13-25(14-18-27)32(41)42-2/h3-19H,20-21H2,1-2H3,(H,34,39)(H,35,40). The molecule has 0 unspecified atom stereocenters. The number of carbonyl (C=O) groups excluding carboxylic acids is 3. The van der Waals surface area contributed by atoms with E-state index in [9.17, 15) is 14.4 Å². The van der Waals surface area contributed by atoms with Gasteiger partial charge in [-0.3, -0.25) is 14.2 Å². The summed E-state index contributed by atoms with van der Waals surface area (Å²) in [5.41, 5.74) is 5.12. The van der Waals surface area contributed by atoms with Gasteiger partial charge >= 0.3 is 5.97 Å². The summed E-state index contributed by atoms with van der Waals surface area (Å²) < 4.78 is 6.68. The van der Waals surface area contributed by atoms with E-state index in [1.807, 2.05) is 84.3 Å². The Morgan fingerprint density at radius 1 is 0.791 bits per heavy atom. The maximum absolute atomic E-state index is 12.7. The number of methoxy groups -OCH3 is 1. The lowest BCUT2D eigenvalue weighted by Crippen LogP contribution is -2.15. The molecule has 0 saturated heterocycles. The SMILES string of the molecule is COC(=O)c1ccc(NC(=O)CSc2nnc(-c3ccc(NC(=O)c4cccc(C)c4)cc3)n2Cc2ccccc2)cc1. The fourth-order valence-electron chi connectivity index (χ4n) is 4.34. The average molecular weight is 592 g/mol. The molecule has 1 heterocycles. The van der Waals surface area contributed by atoms with Crippen LogP contribution in [0.25, 0.3) is 11.4 Å². The summed E-state index contributed by atoms with van der Waals surface area (Å²) in [6.07, 6.45) is 0. The van der Waals surface area contributed by atoms with E-state index in [-0.39, 0.29) is 17.6 Å². The number of anilines is 2. The van der Waals surface area contributed by atoms with Crippen molar-refractivity contribution >= 4 is 40.9 Å². The second-order valence-electron chi connectivity index (χ2n) is 9.68. The van der Waals surface area contributed by atoms with Crippen LogP contribution in [0.1, 0.15) is 31.8 Å². The number of thioether (sulfide) groups is 1. The Morgan fingerprint density at radius 3 is 2.19 bits per heavy atom. The number of esters is 1. The van der Waals surface area contributed by atoms with Crippen molar-refractivity contribution < 1.29 is 19.1 Å². The summed E-state index contributed by atoms with van der Waals surface area (Å²) in [6, 6.07) is 31.3. The summed E-state index contributed by atoms with van der Waals surface area (Å²) in [5, 5.41) is 15.2. The van der Waals surface area contributed by atoms with Crippen LogP contribution in [-0.2, 0) is 16.1 Å². The summed E-state index contributed by atoms with van der Waals surface area (Å²) >= 11 is 1.28. The van der Waals surface area contributed by atoms with Crippen molar-refractivity contribution in [2.75, 3.05) is 23.5 Å². The molecular formula is C33H29N5O4S. The number of benzene rings is 4. The highest BCUT2D eigenvalue weighted by Gasteiger charge is 2.17. The molecule has 0 atom stereocenters. The molecule has 0 radical (unpaired) electrons. The van der Waals surface area contributed by atoms with Crippen LogP contribution in [0, 0.1) is 6.92 Å². The van der Waals surface area contributed by atoms with E-state index in [0.717, 1.165) is 16.7 Å². The Morgan fingerprint density at radius 2 is 1.49 bits per heavy atom. The molecule has 5 aromatic rings. The molecule has 0 aliphatic heterocycles. The van der Waals surface area contributed by atoms with Gasteiger partial charge < -0.3 is 15.4 Å². The first kappa shape index (κ1) is 29.3. The zero-order valence-corrected chi connectivity index (χ0v) is 24.4. The Balaban J connectivity index is 1.30. The smallest absolute Gasteiger partial charge is 0.337 e. The van der Waals surface area contributed by atoms with Crippen LogP contribution >= 0.6 is 11.8 Å². The van der Waals surface area contributed by atoms with Gasteiger partial charge in [0.05, 0.1) is 25.0 Å². The van der Waals surface area contributed by atoms with Crippen molar-refractivity contribution in [3.05, 3.63) is 125 Å². The highest BCUT2D eigenvalue weighted by Crippen LogP contribution is 2.27. The lowest BCUT2D eigenvalue weighted by molar-refractivity contribution is -0.113. The molecule has 4 aromatic carbocycles. The molecule has 216 valence electrons. The highest BCUT2D eigenvalue weighted by molar-refractivity contribution is 7.99. The Bertz CT molecular complexity index is 1740. The first-order valence-electron chi connectivity index (χ1n) is 13.5. The van der Waals surface area contributed by atoms with E-state index in [1.165, 1.54) is 18.9 Å². The lowest BCUT2D eigenvalue weighted by Gasteiger charge is -2.12. The van der Waals surface area contributed by atoms with Crippen LogP contribution in [-0.4, -0.2) is 45.4 Å². The van der Waals surface area contributed by atoms with Gasteiger partial charge in [-0.2, -0.15) is 0 Å². The first-order valence-corrected chi connectivity index (χ1v) is 14.4. The predicted octanol–water partition coefficient (Wildman–Crippen LogP) is 6.07. The van der Waals surface area contributed by atoms with E-state index < -0.39 is 5.97 Å². The monoisotopic (exact) mass is 591 g/mol. The number of nitrogens with one attached hydrogen (secondary N) is 2. The molecule has 2 amide bonds. The maximum Gasteiger partial charge on any atom is 0.337 e. The maximum atomic E-state index is 12.7. The van der Waals surface area contributed by atoms with E-state index in [2.05, 4.69) is 20.8 Å².